The monoisotopic (exact) mass is 259 g/mol. The number of carbonyl (C=O) groups is 1. The van der Waals surface area contributed by atoms with Crippen LogP contribution in [0.4, 0.5) is 0 Å². The summed E-state index contributed by atoms with van der Waals surface area (Å²) in [6.07, 6.45) is 1.39. The summed E-state index contributed by atoms with van der Waals surface area (Å²) in [5, 5.41) is 2.80. The largest absolute Gasteiger partial charge is 0.443 e. The van der Waals surface area contributed by atoms with E-state index in [2.05, 4.69) is 10.3 Å². The summed E-state index contributed by atoms with van der Waals surface area (Å²) in [7, 11) is 0. The fourth-order valence-corrected chi connectivity index (χ4v) is 1.67. The van der Waals surface area contributed by atoms with Gasteiger partial charge >= 0.3 is 0 Å². The standard InChI is InChI=1S/C14H17N3O2/c1-10(7-15)14(18)16-8-12-13(19-9-17-12)11-5-3-2-4-6-11/h2-6,9-10H,7-8,15H2,1H3,(H,16,18). The smallest absolute Gasteiger partial charge is 0.224 e. The van der Waals surface area contributed by atoms with E-state index < -0.39 is 0 Å². The van der Waals surface area contributed by atoms with Crippen LogP contribution in [-0.2, 0) is 11.3 Å². The van der Waals surface area contributed by atoms with Gasteiger partial charge in [0.15, 0.2) is 12.2 Å². The SMILES string of the molecule is CC(CN)C(=O)NCc1ncoc1-c1ccccc1. The minimum absolute atomic E-state index is 0.0792. The Morgan fingerprint density at radius 1 is 1.42 bits per heavy atom. The van der Waals surface area contributed by atoms with E-state index in [1.807, 2.05) is 30.3 Å². The number of carbonyl (C=O) groups excluding carboxylic acids is 1. The van der Waals surface area contributed by atoms with Gasteiger partial charge in [0.2, 0.25) is 5.91 Å². The van der Waals surface area contributed by atoms with E-state index in [0.717, 1.165) is 5.56 Å². The molecule has 5 nitrogen and oxygen atoms in total. The van der Waals surface area contributed by atoms with Crippen LogP contribution in [0.3, 0.4) is 0 Å². The summed E-state index contributed by atoms with van der Waals surface area (Å²) in [4.78, 5) is 15.8. The fourth-order valence-electron chi connectivity index (χ4n) is 1.67. The van der Waals surface area contributed by atoms with Crippen LogP contribution in [0.15, 0.2) is 41.1 Å². The Hall–Kier alpha value is -2.14. The van der Waals surface area contributed by atoms with Gasteiger partial charge in [0.25, 0.3) is 0 Å². The summed E-state index contributed by atoms with van der Waals surface area (Å²) in [6, 6.07) is 9.67. The lowest BCUT2D eigenvalue weighted by atomic mass is 10.1. The van der Waals surface area contributed by atoms with Crippen molar-refractivity contribution >= 4 is 5.91 Å². The highest BCUT2D eigenvalue weighted by Gasteiger charge is 2.14. The number of nitrogens with one attached hydrogen (secondary N) is 1. The van der Waals surface area contributed by atoms with Crippen LogP contribution in [0.5, 0.6) is 0 Å². The Morgan fingerprint density at radius 2 is 2.16 bits per heavy atom. The third-order valence-electron chi connectivity index (χ3n) is 2.91. The van der Waals surface area contributed by atoms with Crippen molar-refractivity contribution in [2.45, 2.75) is 13.5 Å². The van der Waals surface area contributed by atoms with Crippen LogP contribution in [0, 0.1) is 5.92 Å². The molecule has 1 atom stereocenters. The topological polar surface area (TPSA) is 81.2 Å². The van der Waals surface area contributed by atoms with Crippen molar-refractivity contribution in [3.63, 3.8) is 0 Å². The van der Waals surface area contributed by atoms with Gasteiger partial charge in [0, 0.05) is 18.0 Å². The molecule has 1 aromatic carbocycles. The molecular weight excluding hydrogens is 242 g/mol. The van der Waals surface area contributed by atoms with Crippen molar-refractivity contribution in [3.05, 3.63) is 42.4 Å². The minimum atomic E-state index is -0.202. The van der Waals surface area contributed by atoms with E-state index in [1.54, 1.807) is 6.92 Å². The molecule has 0 spiro atoms. The molecule has 0 bridgehead atoms. The molecule has 0 radical (unpaired) electrons. The van der Waals surface area contributed by atoms with Crippen molar-refractivity contribution in [2.24, 2.45) is 11.7 Å². The highest BCUT2D eigenvalue weighted by atomic mass is 16.3. The quantitative estimate of drug-likeness (QED) is 0.853. The van der Waals surface area contributed by atoms with Gasteiger partial charge < -0.3 is 15.5 Å². The molecule has 0 aliphatic heterocycles. The molecule has 0 fully saturated rings. The maximum atomic E-state index is 11.7. The van der Waals surface area contributed by atoms with E-state index in [0.29, 0.717) is 24.5 Å². The number of nitrogens with two attached hydrogens (primary N) is 1. The number of rotatable bonds is 5. The molecule has 100 valence electrons. The zero-order valence-electron chi connectivity index (χ0n) is 10.8. The maximum Gasteiger partial charge on any atom is 0.224 e. The summed E-state index contributed by atoms with van der Waals surface area (Å²) < 4.78 is 5.38. The van der Waals surface area contributed by atoms with Gasteiger partial charge in [-0.3, -0.25) is 4.79 Å². The Morgan fingerprint density at radius 3 is 2.84 bits per heavy atom. The second-order valence-electron chi connectivity index (χ2n) is 4.35. The number of amides is 1. The molecular formula is C14H17N3O2. The third kappa shape index (κ3) is 3.20. The van der Waals surface area contributed by atoms with Crippen LogP contribution in [-0.4, -0.2) is 17.4 Å². The predicted octanol–water partition coefficient (Wildman–Crippen LogP) is 1.55. The number of benzene rings is 1. The predicted molar refractivity (Wildman–Crippen MR) is 72.0 cm³/mol. The molecule has 1 aromatic heterocycles. The molecule has 19 heavy (non-hydrogen) atoms. The average Bonchev–Trinajstić information content (AvgIpc) is 2.93. The Labute approximate surface area is 111 Å². The average molecular weight is 259 g/mol. The van der Waals surface area contributed by atoms with Crippen LogP contribution >= 0.6 is 0 Å². The lowest BCUT2D eigenvalue weighted by Crippen LogP contribution is -2.32. The third-order valence-corrected chi connectivity index (χ3v) is 2.91. The lowest BCUT2D eigenvalue weighted by molar-refractivity contribution is -0.124. The summed E-state index contributed by atoms with van der Waals surface area (Å²) >= 11 is 0. The van der Waals surface area contributed by atoms with E-state index in [1.165, 1.54) is 6.39 Å². The number of oxazole rings is 1. The summed E-state index contributed by atoms with van der Waals surface area (Å²) in [6.45, 7) is 2.45. The zero-order valence-corrected chi connectivity index (χ0v) is 10.8. The van der Waals surface area contributed by atoms with Gasteiger partial charge in [-0.15, -0.1) is 0 Å². The Balaban J connectivity index is 2.07. The number of hydrogen-bond donors (Lipinski definition) is 2. The molecule has 0 saturated carbocycles. The van der Waals surface area contributed by atoms with Crippen molar-refractivity contribution in [3.8, 4) is 11.3 Å². The first kappa shape index (κ1) is 13.3. The molecule has 5 heteroatoms. The van der Waals surface area contributed by atoms with Crippen LogP contribution in [0.2, 0.25) is 0 Å². The van der Waals surface area contributed by atoms with Crippen molar-refractivity contribution in [1.29, 1.82) is 0 Å². The van der Waals surface area contributed by atoms with Gasteiger partial charge in [-0.1, -0.05) is 37.3 Å². The van der Waals surface area contributed by atoms with Crippen LogP contribution in [0.25, 0.3) is 11.3 Å². The molecule has 0 aliphatic rings. The highest BCUT2D eigenvalue weighted by molar-refractivity contribution is 5.78. The first-order chi connectivity index (χ1) is 9.22. The van der Waals surface area contributed by atoms with Gasteiger partial charge in [0.1, 0.15) is 5.69 Å². The Bertz CT molecular complexity index is 537. The number of nitrogens with zero attached hydrogens (tertiary/aromatic N) is 1. The van der Waals surface area contributed by atoms with E-state index in [-0.39, 0.29) is 11.8 Å². The summed E-state index contributed by atoms with van der Waals surface area (Å²) in [5.41, 5.74) is 7.10. The van der Waals surface area contributed by atoms with Crippen LogP contribution in [0.1, 0.15) is 12.6 Å². The van der Waals surface area contributed by atoms with Gasteiger partial charge in [-0.25, -0.2) is 4.98 Å². The van der Waals surface area contributed by atoms with Crippen molar-refractivity contribution in [1.82, 2.24) is 10.3 Å². The lowest BCUT2D eigenvalue weighted by Gasteiger charge is -2.09. The molecule has 0 saturated heterocycles. The first-order valence-corrected chi connectivity index (χ1v) is 6.18. The van der Waals surface area contributed by atoms with Crippen molar-refractivity contribution in [2.75, 3.05) is 6.54 Å². The maximum absolute atomic E-state index is 11.7. The fraction of sp³-hybridized carbons (Fsp3) is 0.286. The first-order valence-electron chi connectivity index (χ1n) is 6.18. The normalized spacial score (nSPS) is 12.1. The summed E-state index contributed by atoms with van der Waals surface area (Å²) in [5.74, 6) is 0.401. The van der Waals surface area contributed by atoms with E-state index in [4.69, 9.17) is 10.2 Å². The molecule has 2 aromatic rings. The van der Waals surface area contributed by atoms with Gasteiger partial charge in [-0.2, -0.15) is 0 Å². The Kier molecular flexibility index (Phi) is 4.30. The molecule has 1 unspecified atom stereocenters. The molecule has 2 rings (SSSR count). The molecule has 0 aliphatic carbocycles. The molecule has 1 heterocycles. The molecule has 3 N–H and O–H groups in total. The van der Waals surface area contributed by atoms with Gasteiger partial charge in [0.05, 0.1) is 6.54 Å². The van der Waals surface area contributed by atoms with Crippen LogP contribution < -0.4 is 11.1 Å². The second-order valence-corrected chi connectivity index (χ2v) is 4.35. The van der Waals surface area contributed by atoms with Gasteiger partial charge in [-0.05, 0) is 0 Å². The number of aromatic nitrogens is 1. The second kappa shape index (κ2) is 6.15. The van der Waals surface area contributed by atoms with E-state index >= 15 is 0 Å². The minimum Gasteiger partial charge on any atom is -0.443 e. The van der Waals surface area contributed by atoms with Crippen molar-refractivity contribution < 1.29 is 9.21 Å². The highest BCUT2D eigenvalue weighted by Crippen LogP contribution is 2.22. The number of hydrogen-bond acceptors (Lipinski definition) is 4. The zero-order chi connectivity index (χ0) is 13.7. The van der Waals surface area contributed by atoms with E-state index in [9.17, 15) is 4.79 Å². The molecule has 1 amide bonds.